The smallest absolute Gasteiger partial charge is 0.416 e. The summed E-state index contributed by atoms with van der Waals surface area (Å²) in [6.45, 7) is 7.79. The maximum absolute atomic E-state index is 12.5. The van der Waals surface area contributed by atoms with E-state index in [1.165, 1.54) is 18.2 Å². The molecule has 0 spiro atoms. The summed E-state index contributed by atoms with van der Waals surface area (Å²) in [5.41, 5.74) is 0.0103. The standard InChI is InChI=1S/C16H15F3O3.C2H6/c1-3-8-21-15(20)13-9-14(22-10(13)2)11-4-6-12(7-5-11)16(17,18)19;1-2/h4-7,9H,3,8H2,1-2H3;1-2H3. The molecule has 0 aliphatic rings. The van der Waals surface area contributed by atoms with Crippen molar-refractivity contribution < 1.29 is 27.1 Å². The molecule has 24 heavy (non-hydrogen) atoms. The maximum Gasteiger partial charge on any atom is 0.416 e. The number of esters is 1. The first-order chi connectivity index (χ1) is 11.3. The van der Waals surface area contributed by atoms with Crippen molar-refractivity contribution >= 4 is 5.97 Å². The molecular formula is C18H21F3O3. The Morgan fingerprint density at radius 2 is 1.75 bits per heavy atom. The highest BCUT2D eigenvalue weighted by Gasteiger charge is 2.30. The lowest BCUT2D eigenvalue weighted by Crippen LogP contribution is -2.05. The molecule has 0 bridgehead atoms. The quantitative estimate of drug-likeness (QED) is 0.653. The molecule has 1 aromatic heterocycles. The van der Waals surface area contributed by atoms with Crippen LogP contribution in [0.1, 0.15) is 48.9 Å². The number of carbonyl (C=O) groups is 1. The second-order valence-corrected chi connectivity index (χ2v) is 4.79. The van der Waals surface area contributed by atoms with E-state index in [0.29, 0.717) is 30.1 Å². The minimum Gasteiger partial charge on any atom is -0.462 e. The molecule has 0 N–H and O–H groups in total. The predicted molar refractivity (Wildman–Crippen MR) is 85.8 cm³/mol. The number of hydrogen-bond acceptors (Lipinski definition) is 3. The largest absolute Gasteiger partial charge is 0.462 e. The summed E-state index contributed by atoms with van der Waals surface area (Å²) in [6, 6.07) is 6.05. The maximum atomic E-state index is 12.5. The van der Waals surface area contributed by atoms with Crippen LogP contribution in [0.25, 0.3) is 11.3 Å². The fourth-order valence-corrected chi connectivity index (χ4v) is 1.92. The Hall–Kier alpha value is -2.24. The second-order valence-electron chi connectivity index (χ2n) is 4.79. The first-order valence-electron chi connectivity index (χ1n) is 7.78. The minimum absolute atomic E-state index is 0.281. The van der Waals surface area contributed by atoms with Crippen molar-refractivity contribution in [2.75, 3.05) is 6.61 Å². The molecular weight excluding hydrogens is 321 g/mol. The topological polar surface area (TPSA) is 39.4 Å². The number of rotatable bonds is 4. The third kappa shape index (κ3) is 4.88. The molecule has 0 amide bonds. The van der Waals surface area contributed by atoms with Gasteiger partial charge in [-0.2, -0.15) is 13.2 Å². The Bertz CT molecular complexity index is 655. The molecule has 3 nitrogen and oxygen atoms in total. The van der Waals surface area contributed by atoms with Gasteiger partial charge in [0.05, 0.1) is 12.2 Å². The molecule has 132 valence electrons. The molecule has 2 rings (SSSR count). The van der Waals surface area contributed by atoms with E-state index < -0.39 is 17.7 Å². The van der Waals surface area contributed by atoms with Gasteiger partial charge in [0, 0.05) is 5.56 Å². The number of ether oxygens (including phenoxy) is 1. The number of alkyl halides is 3. The fraction of sp³-hybridized carbons (Fsp3) is 0.389. The summed E-state index contributed by atoms with van der Waals surface area (Å²) >= 11 is 0. The molecule has 0 atom stereocenters. The number of furan rings is 1. The van der Waals surface area contributed by atoms with Crippen LogP contribution in [-0.2, 0) is 10.9 Å². The number of carbonyl (C=O) groups excluding carboxylic acids is 1. The molecule has 0 fully saturated rings. The Morgan fingerprint density at radius 3 is 2.25 bits per heavy atom. The minimum atomic E-state index is -4.38. The lowest BCUT2D eigenvalue weighted by molar-refractivity contribution is -0.137. The van der Waals surface area contributed by atoms with Crippen LogP contribution in [0, 0.1) is 6.92 Å². The van der Waals surface area contributed by atoms with Gasteiger partial charge in [0.1, 0.15) is 17.1 Å². The lowest BCUT2D eigenvalue weighted by atomic mass is 10.1. The van der Waals surface area contributed by atoms with Crippen molar-refractivity contribution in [1.29, 1.82) is 0 Å². The van der Waals surface area contributed by atoms with Gasteiger partial charge in [-0.15, -0.1) is 0 Å². The Morgan fingerprint density at radius 1 is 1.17 bits per heavy atom. The van der Waals surface area contributed by atoms with Crippen molar-refractivity contribution in [3.63, 3.8) is 0 Å². The van der Waals surface area contributed by atoms with Crippen LogP contribution in [0.15, 0.2) is 34.7 Å². The highest BCUT2D eigenvalue weighted by molar-refractivity contribution is 5.91. The van der Waals surface area contributed by atoms with Crippen LogP contribution in [0.3, 0.4) is 0 Å². The van der Waals surface area contributed by atoms with Gasteiger partial charge in [-0.25, -0.2) is 4.79 Å². The van der Waals surface area contributed by atoms with Gasteiger partial charge in [0.2, 0.25) is 0 Å². The number of aryl methyl sites for hydroxylation is 1. The molecule has 0 aliphatic carbocycles. The average molecular weight is 342 g/mol. The Labute approximate surface area is 139 Å². The number of hydrogen-bond donors (Lipinski definition) is 0. The van der Waals surface area contributed by atoms with Gasteiger partial charge in [-0.1, -0.05) is 32.9 Å². The zero-order chi connectivity index (χ0) is 18.3. The zero-order valence-corrected chi connectivity index (χ0v) is 14.2. The van der Waals surface area contributed by atoms with E-state index in [1.807, 2.05) is 20.8 Å². The average Bonchev–Trinajstić information content (AvgIpc) is 2.96. The summed E-state index contributed by atoms with van der Waals surface area (Å²) in [4.78, 5) is 11.8. The van der Waals surface area contributed by atoms with Gasteiger partial charge >= 0.3 is 12.1 Å². The molecule has 1 aromatic carbocycles. The summed E-state index contributed by atoms with van der Waals surface area (Å²) in [5, 5.41) is 0. The summed E-state index contributed by atoms with van der Waals surface area (Å²) in [7, 11) is 0. The summed E-state index contributed by atoms with van der Waals surface area (Å²) < 4.78 is 48.1. The monoisotopic (exact) mass is 342 g/mol. The predicted octanol–water partition coefficient (Wildman–Crippen LogP) is 5.87. The second kappa shape index (κ2) is 8.57. The normalized spacial score (nSPS) is 10.8. The third-order valence-electron chi connectivity index (χ3n) is 3.07. The molecule has 6 heteroatoms. The highest BCUT2D eigenvalue weighted by Crippen LogP contribution is 2.32. The van der Waals surface area contributed by atoms with Gasteiger partial charge in [0.15, 0.2) is 0 Å². The van der Waals surface area contributed by atoms with Gasteiger partial charge in [0.25, 0.3) is 0 Å². The highest BCUT2D eigenvalue weighted by atomic mass is 19.4. The van der Waals surface area contributed by atoms with Crippen LogP contribution in [0.2, 0.25) is 0 Å². The van der Waals surface area contributed by atoms with E-state index in [9.17, 15) is 18.0 Å². The van der Waals surface area contributed by atoms with Crippen molar-refractivity contribution in [2.45, 2.75) is 40.3 Å². The van der Waals surface area contributed by atoms with Crippen LogP contribution >= 0.6 is 0 Å². The van der Waals surface area contributed by atoms with E-state index >= 15 is 0 Å². The van der Waals surface area contributed by atoms with Crippen LogP contribution in [-0.4, -0.2) is 12.6 Å². The Kier molecular flexibility index (Phi) is 7.07. The molecule has 1 heterocycles. The first kappa shape index (κ1) is 19.8. The van der Waals surface area contributed by atoms with E-state index in [1.54, 1.807) is 6.92 Å². The van der Waals surface area contributed by atoms with E-state index in [-0.39, 0.29) is 5.56 Å². The molecule has 0 saturated carbocycles. The fourth-order valence-electron chi connectivity index (χ4n) is 1.92. The summed E-state index contributed by atoms with van der Waals surface area (Å²) in [6.07, 6.45) is -3.68. The van der Waals surface area contributed by atoms with E-state index in [0.717, 1.165) is 12.1 Å². The van der Waals surface area contributed by atoms with E-state index in [4.69, 9.17) is 9.15 Å². The number of benzene rings is 1. The molecule has 0 saturated heterocycles. The van der Waals surface area contributed by atoms with Crippen LogP contribution in [0.5, 0.6) is 0 Å². The van der Waals surface area contributed by atoms with Gasteiger partial charge in [-0.05, 0) is 31.5 Å². The van der Waals surface area contributed by atoms with Crippen molar-refractivity contribution in [3.05, 3.63) is 47.2 Å². The zero-order valence-electron chi connectivity index (χ0n) is 14.2. The molecule has 0 aliphatic heterocycles. The molecule has 0 unspecified atom stereocenters. The van der Waals surface area contributed by atoms with Crippen molar-refractivity contribution in [1.82, 2.24) is 0 Å². The van der Waals surface area contributed by atoms with Crippen LogP contribution < -0.4 is 0 Å². The first-order valence-corrected chi connectivity index (χ1v) is 7.78. The van der Waals surface area contributed by atoms with Gasteiger partial charge in [-0.3, -0.25) is 0 Å². The number of halogens is 3. The van der Waals surface area contributed by atoms with Crippen LogP contribution in [0.4, 0.5) is 13.2 Å². The van der Waals surface area contributed by atoms with Gasteiger partial charge < -0.3 is 9.15 Å². The molecule has 0 radical (unpaired) electrons. The van der Waals surface area contributed by atoms with Crippen molar-refractivity contribution in [3.8, 4) is 11.3 Å². The van der Waals surface area contributed by atoms with E-state index in [2.05, 4.69) is 0 Å². The Balaban J connectivity index is 0.00000139. The lowest BCUT2D eigenvalue weighted by Gasteiger charge is -2.06. The molecule has 2 aromatic rings. The third-order valence-corrected chi connectivity index (χ3v) is 3.07. The summed E-state index contributed by atoms with van der Waals surface area (Å²) in [5.74, 6) is 0.201. The SMILES string of the molecule is CC.CCCOC(=O)c1cc(-c2ccc(C(F)(F)F)cc2)oc1C. The van der Waals surface area contributed by atoms with Crippen molar-refractivity contribution in [2.24, 2.45) is 0 Å².